The summed E-state index contributed by atoms with van der Waals surface area (Å²) in [6, 6.07) is 7.10. The van der Waals surface area contributed by atoms with Crippen molar-refractivity contribution < 1.29 is 88.3 Å². The minimum atomic E-state index is -5.24. The number of urea groups is 1. The molecule has 2 aromatic rings. The number of hydrogen-bond donors (Lipinski definition) is 10. The lowest BCUT2D eigenvalue weighted by Gasteiger charge is -2.26. The van der Waals surface area contributed by atoms with Crippen molar-refractivity contribution in [2.45, 2.75) is 91.5 Å². The van der Waals surface area contributed by atoms with Crippen molar-refractivity contribution in [1.82, 2.24) is 26.2 Å². The molecule has 2 fully saturated rings. The van der Waals surface area contributed by atoms with Gasteiger partial charge in [0.15, 0.2) is 21.1 Å². The highest BCUT2D eigenvalue weighted by Crippen LogP contribution is 2.46. The largest absolute Gasteiger partial charge is 0.480 e. The van der Waals surface area contributed by atoms with Crippen LogP contribution in [0.25, 0.3) is 33.4 Å². The highest BCUT2D eigenvalue weighted by molar-refractivity contribution is 8.00. The SMILES string of the molecule is CCN1C(=O)N[C@H]2CS[C@@H](CCCCC(=O)NCCOCCOCCOCCOCCC(=O)N[C@@H](CCCCNC(=O)c3ccc(-c4c5ccc(=N)c(S(=O)(=O)O)c-5oc5c(S(=O)(=O)O)c(N)ccc45)c(C(=O)O)c3)C(=O)O)[C@H]21. The van der Waals surface area contributed by atoms with E-state index in [-0.39, 0.29) is 104 Å². The van der Waals surface area contributed by atoms with Gasteiger partial charge in [-0.3, -0.25) is 28.9 Å². The van der Waals surface area contributed by atoms with Gasteiger partial charge in [0.25, 0.3) is 26.1 Å². The summed E-state index contributed by atoms with van der Waals surface area (Å²) in [5.74, 6) is -4.00. The zero-order valence-corrected chi connectivity index (χ0v) is 45.6. The Labute approximate surface area is 459 Å². The smallest absolute Gasteiger partial charge is 0.336 e. The number of nitrogens with two attached hydrogens (primary N) is 1. The fourth-order valence-electron chi connectivity index (χ4n) is 9.30. The second kappa shape index (κ2) is 28.6. The molecule has 2 aromatic carbocycles. The zero-order chi connectivity index (χ0) is 57.4. The van der Waals surface area contributed by atoms with Crippen LogP contribution in [0.4, 0.5) is 10.5 Å². The summed E-state index contributed by atoms with van der Waals surface area (Å²) in [5, 5.41) is 38.7. The number of likely N-dealkylation sites (N-methyl/N-ethyl adjacent to an activating group) is 1. The van der Waals surface area contributed by atoms with E-state index >= 15 is 0 Å². The number of carbonyl (C=O) groups is 6. The molecule has 0 radical (unpaired) electrons. The Morgan fingerprint density at radius 1 is 0.810 bits per heavy atom. The first-order valence-electron chi connectivity index (χ1n) is 25.4. The molecule has 11 N–H and O–H groups in total. The molecule has 6 rings (SSSR count). The van der Waals surface area contributed by atoms with Crippen LogP contribution < -0.4 is 32.4 Å². The maximum Gasteiger partial charge on any atom is 0.336 e. The second-order valence-electron chi connectivity index (χ2n) is 18.4. The number of carbonyl (C=O) groups excluding carboxylic acids is 4. The summed E-state index contributed by atoms with van der Waals surface area (Å²) in [6.07, 6.45) is 3.51. The third-order valence-electron chi connectivity index (χ3n) is 13.0. The van der Waals surface area contributed by atoms with E-state index in [0.29, 0.717) is 57.8 Å². The maximum absolute atomic E-state index is 13.3. The van der Waals surface area contributed by atoms with Crippen LogP contribution in [0.2, 0.25) is 0 Å². The van der Waals surface area contributed by atoms with Gasteiger partial charge in [-0.1, -0.05) is 12.5 Å². The molecule has 3 aliphatic heterocycles. The maximum atomic E-state index is 13.3. The van der Waals surface area contributed by atoms with Crippen LogP contribution in [0.1, 0.15) is 79.0 Å². The number of aromatic carboxylic acids is 1. The van der Waals surface area contributed by atoms with E-state index in [1.165, 1.54) is 24.3 Å². The van der Waals surface area contributed by atoms with Crippen LogP contribution in [-0.4, -0.2) is 178 Å². The number of nitrogen functional groups attached to an aromatic ring is 1. The number of rotatable bonds is 33. The Hall–Kier alpha value is -6.44. The number of benzene rings is 3. The van der Waals surface area contributed by atoms with Crippen molar-refractivity contribution in [3.63, 3.8) is 0 Å². The van der Waals surface area contributed by atoms with Gasteiger partial charge in [-0.15, -0.1) is 0 Å². The molecule has 0 saturated carbocycles. The van der Waals surface area contributed by atoms with Crippen molar-refractivity contribution in [3.05, 3.63) is 58.9 Å². The highest BCUT2D eigenvalue weighted by Gasteiger charge is 2.47. The Bertz CT molecular complexity index is 3120. The van der Waals surface area contributed by atoms with E-state index in [2.05, 4.69) is 21.3 Å². The molecule has 4 aliphatic rings. The zero-order valence-electron chi connectivity index (χ0n) is 43.2. The number of amides is 5. The minimum absolute atomic E-state index is 0.00725. The van der Waals surface area contributed by atoms with Crippen molar-refractivity contribution >= 4 is 84.3 Å². The standard InChI is InChI=1S/C50H65N7O19S3/c1-2-57-42-37(56-50(57)65)28-77-38(42)8-3-4-9-39(58)53-18-20-73-22-24-75-26-25-74-23-21-72-19-16-40(59)55-36(49(63)64)7-5-6-17-54-47(60)29-10-11-30(33(27-29)48(61)62)41-31-12-14-34(51)45(78(66,67)68)43(31)76-44-32(41)13-15-35(52)46(44)79(69,70)71/h10-15,27,36-38,42,51H,2-9,16-26,28,52H2,1H3,(H,53,58)(H,54,60)(H,55,59)(H,56,65)(H,61,62)(H,63,64)(H,66,67,68)(H,69,70,71)/t36-,37-,38-,42-/m0/s1. The van der Waals surface area contributed by atoms with Crippen LogP contribution in [0.3, 0.4) is 0 Å². The Morgan fingerprint density at radius 3 is 2.11 bits per heavy atom. The first-order valence-corrected chi connectivity index (χ1v) is 29.3. The van der Waals surface area contributed by atoms with E-state index in [9.17, 15) is 64.9 Å². The van der Waals surface area contributed by atoms with Gasteiger partial charge in [-0.2, -0.15) is 28.6 Å². The number of carboxylic acids is 2. The van der Waals surface area contributed by atoms with E-state index in [1.807, 2.05) is 23.6 Å². The van der Waals surface area contributed by atoms with Gasteiger partial charge in [0, 0.05) is 65.6 Å². The first kappa shape index (κ1) is 61.8. The topological polar surface area (TPSA) is 403 Å². The summed E-state index contributed by atoms with van der Waals surface area (Å²) < 4.78 is 97.6. The van der Waals surface area contributed by atoms with E-state index in [1.54, 1.807) is 0 Å². The van der Waals surface area contributed by atoms with Gasteiger partial charge >= 0.3 is 18.0 Å². The molecule has 0 aromatic heterocycles. The molecule has 0 unspecified atom stereocenters. The normalized spacial score (nSPS) is 16.7. The predicted octanol–water partition coefficient (Wildman–Crippen LogP) is 2.96. The summed E-state index contributed by atoms with van der Waals surface area (Å²) >= 11 is 1.90. The molecule has 432 valence electrons. The number of unbranched alkanes of at least 4 members (excludes halogenated alkanes) is 2. The number of nitrogens with zero attached hydrogens (tertiary/aromatic N) is 1. The molecule has 4 atom stereocenters. The number of ether oxygens (including phenoxy) is 4. The minimum Gasteiger partial charge on any atom is -0.480 e. The Morgan fingerprint density at radius 2 is 1.47 bits per heavy atom. The van der Waals surface area contributed by atoms with Crippen molar-refractivity contribution in [1.29, 1.82) is 5.41 Å². The van der Waals surface area contributed by atoms with Gasteiger partial charge in [0.05, 0.1) is 81.5 Å². The average Bonchev–Trinajstić information content (AvgIpc) is 4.10. The first-order chi connectivity index (χ1) is 37.6. The van der Waals surface area contributed by atoms with Gasteiger partial charge < -0.3 is 65.5 Å². The second-order valence-corrected chi connectivity index (χ2v) is 22.4. The Kier molecular flexibility index (Phi) is 22.4. The lowest BCUT2D eigenvalue weighted by molar-refractivity contribution is -0.142. The van der Waals surface area contributed by atoms with E-state index in [0.717, 1.165) is 43.2 Å². The number of aliphatic carboxylic acids is 1. The van der Waals surface area contributed by atoms with Crippen molar-refractivity contribution in [2.24, 2.45) is 0 Å². The van der Waals surface area contributed by atoms with Gasteiger partial charge in [0.2, 0.25) is 11.8 Å². The summed E-state index contributed by atoms with van der Waals surface area (Å²) in [5.41, 5.74) is 3.34. The molecule has 5 amide bonds. The summed E-state index contributed by atoms with van der Waals surface area (Å²) in [4.78, 5) is 74.6. The molecular weight excluding hydrogens is 1100 g/mol. The van der Waals surface area contributed by atoms with Crippen molar-refractivity contribution in [3.8, 4) is 22.5 Å². The number of hydrogen-bond acceptors (Lipinski definition) is 18. The summed E-state index contributed by atoms with van der Waals surface area (Å²) in [6.45, 7) is 5.16. The fourth-order valence-corrected chi connectivity index (χ4v) is 12.4. The molecule has 0 bridgehead atoms. The van der Waals surface area contributed by atoms with Crippen LogP contribution in [0, 0.1) is 5.41 Å². The number of nitrogens with one attached hydrogen (secondary N) is 5. The van der Waals surface area contributed by atoms with Crippen LogP contribution >= 0.6 is 11.8 Å². The predicted molar refractivity (Wildman–Crippen MR) is 285 cm³/mol. The quantitative estimate of drug-likeness (QED) is 0.0108. The molecule has 29 heteroatoms. The molecule has 0 spiro atoms. The van der Waals surface area contributed by atoms with Gasteiger partial charge in [0.1, 0.15) is 6.04 Å². The van der Waals surface area contributed by atoms with Gasteiger partial charge in [-0.05, 0) is 81.0 Å². The number of carboxylic acid groups (broad SMARTS) is 2. The molecule has 26 nitrogen and oxygen atoms in total. The van der Waals surface area contributed by atoms with Crippen LogP contribution in [-0.2, 0) is 53.6 Å². The number of thioether (sulfide) groups is 1. The number of fused-ring (bicyclic) bond motifs is 3. The molecule has 1 aliphatic carbocycles. The molecule has 79 heavy (non-hydrogen) atoms. The molecule has 2 saturated heterocycles. The third-order valence-corrected chi connectivity index (χ3v) is 16.3. The molecular formula is C50H65N7O19S3. The third kappa shape index (κ3) is 16.6. The van der Waals surface area contributed by atoms with Crippen LogP contribution in [0.15, 0.2) is 56.7 Å². The van der Waals surface area contributed by atoms with Crippen LogP contribution in [0.5, 0.6) is 0 Å². The summed E-state index contributed by atoms with van der Waals surface area (Å²) in [7, 11) is -10.4. The van der Waals surface area contributed by atoms with Gasteiger partial charge in [-0.25, -0.2) is 14.4 Å². The highest BCUT2D eigenvalue weighted by atomic mass is 32.2. The van der Waals surface area contributed by atoms with E-state index in [4.69, 9.17) is 34.5 Å². The number of anilines is 1. The monoisotopic (exact) mass is 1160 g/mol. The lowest BCUT2D eigenvalue weighted by atomic mass is 9.89. The molecule has 3 heterocycles. The average molecular weight is 1160 g/mol. The van der Waals surface area contributed by atoms with E-state index < -0.39 is 87.8 Å². The van der Waals surface area contributed by atoms with Crippen molar-refractivity contribution in [2.75, 3.05) is 84.0 Å². The Balaban J connectivity index is 0.835. The lowest BCUT2D eigenvalue weighted by Crippen LogP contribution is -2.41. The fraction of sp³-hybridized carbons (Fsp3) is 0.500.